The molecule has 0 aliphatic heterocycles. The molecule has 3 aromatic carbocycles. The van der Waals surface area contributed by atoms with Crippen LogP contribution in [-0.4, -0.2) is 21.9 Å². The Bertz CT molecular complexity index is 1280. The molecule has 0 atom stereocenters. The smallest absolute Gasteiger partial charge is 0.266 e. The van der Waals surface area contributed by atoms with Gasteiger partial charge in [0.25, 0.3) is 5.56 Å². The molecule has 0 N–H and O–H groups in total. The largest absolute Gasteiger partial charge is 0.490 e. The van der Waals surface area contributed by atoms with Crippen molar-refractivity contribution in [3.05, 3.63) is 94.5 Å². The topological polar surface area (TPSA) is 44.1 Å². The zero-order valence-corrected chi connectivity index (χ0v) is 16.3. The SMILES string of the molecule is O=c1c2ccccc2nc(SCCOc2ccccc2F)n1-c1ccc(F)cc1F. The Morgan fingerprint density at radius 2 is 1.70 bits per heavy atom. The Morgan fingerprint density at radius 3 is 2.50 bits per heavy atom. The number of benzene rings is 3. The molecule has 0 aliphatic rings. The summed E-state index contributed by atoms with van der Waals surface area (Å²) in [5.74, 6) is -1.66. The van der Waals surface area contributed by atoms with E-state index in [4.69, 9.17) is 4.74 Å². The van der Waals surface area contributed by atoms with Crippen LogP contribution in [0.3, 0.4) is 0 Å². The molecule has 1 heterocycles. The number of para-hydroxylation sites is 2. The summed E-state index contributed by atoms with van der Waals surface area (Å²) in [6.07, 6.45) is 0. The molecule has 4 rings (SSSR count). The molecule has 8 heteroatoms. The molecule has 0 amide bonds. The predicted molar refractivity (Wildman–Crippen MR) is 110 cm³/mol. The van der Waals surface area contributed by atoms with E-state index in [1.54, 1.807) is 36.4 Å². The number of aromatic nitrogens is 2. The van der Waals surface area contributed by atoms with Crippen LogP contribution in [0.1, 0.15) is 0 Å². The third kappa shape index (κ3) is 4.04. The highest BCUT2D eigenvalue weighted by Gasteiger charge is 2.16. The molecule has 0 spiro atoms. The summed E-state index contributed by atoms with van der Waals surface area (Å²) < 4.78 is 48.0. The first kappa shape index (κ1) is 20.0. The van der Waals surface area contributed by atoms with Crippen molar-refractivity contribution in [3.8, 4) is 11.4 Å². The van der Waals surface area contributed by atoms with Crippen LogP contribution in [-0.2, 0) is 0 Å². The molecule has 152 valence electrons. The minimum atomic E-state index is -0.876. The third-order valence-corrected chi connectivity index (χ3v) is 5.21. The lowest BCUT2D eigenvalue weighted by molar-refractivity contribution is 0.325. The summed E-state index contributed by atoms with van der Waals surface area (Å²) in [5.41, 5.74) is -0.111. The highest BCUT2D eigenvalue weighted by atomic mass is 32.2. The number of halogens is 3. The van der Waals surface area contributed by atoms with Gasteiger partial charge in [0.2, 0.25) is 0 Å². The van der Waals surface area contributed by atoms with E-state index in [1.807, 2.05) is 0 Å². The number of nitrogens with zero attached hydrogens (tertiary/aromatic N) is 2. The Balaban J connectivity index is 1.67. The minimum Gasteiger partial charge on any atom is -0.490 e. The van der Waals surface area contributed by atoms with Crippen LogP contribution in [0.25, 0.3) is 16.6 Å². The Morgan fingerprint density at radius 1 is 0.933 bits per heavy atom. The maximum absolute atomic E-state index is 14.4. The second kappa shape index (κ2) is 8.62. The van der Waals surface area contributed by atoms with Gasteiger partial charge in [-0.05, 0) is 36.4 Å². The number of hydrogen-bond donors (Lipinski definition) is 0. The number of rotatable bonds is 6. The van der Waals surface area contributed by atoms with Crippen molar-refractivity contribution in [2.24, 2.45) is 0 Å². The molecule has 1 aromatic heterocycles. The van der Waals surface area contributed by atoms with E-state index in [0.717, 1.165) is 22.4 Å². The summed E-state index contributed by atoms with van der Waals surface area (Å²) in [4.78, 5) is 17.5. The molecular formula is C22H15F3N2O2S. The molecule has 0 bridgehead atoms. The van der Waals surface area contributed by atoms with Crippen LogP contribution in [0.15, 0.2) is 76.7 Å². The van der Waals surface area contributed by atoms with Gasteiger partial charge >= 0.3 is 0 Å². The van der Waals surface area contributed by atoms with Crippen molar-refractivity contribution < 1.29 is 17.9 Å². The molecule has 30 heavy (non-hydrogen) atoms. The van der Waals surface area contributed by atoms with Gasteiger partial charge in [-0.25, -0.2) is 18.2 Å². The third-order valence-electron chi connectivity index (χ3n) is 4.30. The molecule has 0 fully saturated rings. The maximum atomic E-state index is 14.4. The average Bonchev–Trinajstić information content (AvgIpc) is 2.73. The molecule has 0 unspecified atom stereocenters. The van der Waals surface area contributed by atoms with E-state index in [9.17, 15) is 18.0 Å². The zero-order valence-electron chi connectivity index (χ0n) is 15.5. The first-order valence-electron chi connectivity index (χ1n) is 9.02. The first-order chi connectivity index (χ1) is 14.5. The fraction of sp³-hybridized carbons (Fsp3) is 0.0909. The monoisotopic (exact) mass is 428 g/mol. The van der Waals surface area contributed by atoms with Crippen LogP contribution in [0.5, 0.6) is 5.75 Å². The van der Waals surface area contributed by atoms with Gasteiger partial charge in [-0.15, -0.1) is 0 Å². The molecule has 0 radical (unpaired) electrons. The summed E-state index contributed by atoms with van der Waals surface area (Å²) in [5, 5.41) is 0.537. The quantitative estimate of drug-likeness (QED) is 0.247. The predicted octanol–water partition coefficient (Wildman–Crippen LogP) is 4.97. The lowest BCUT2D eigenvalue weighted by Crippen LogP contribution is -2.23. The lowest BCUT2D eigenvalue weighted by atomic mass is 10.2. The normalized spacial score (nSPS) is 11.0. The summed E-state index contributed by atoms with van der Waals surface area (Å²) in [7, 11) is 0. The van der Waals surface area contributed by atoms with Gasteiger partial charge in [0.05, 0.1) is 23.2 Å². The number of thioether (sulfide) groups is 1. The standard InChI is InChI=1S/C22H15F3N2O2S/c23-14-9-10-19(17(25)13-14)27-21(28)15-5-1-3-7-18(15)26-22(27)30-12-11-29-20-8-4-2-6-16(20)24/h1-10,13H,11-12H2. The van der Waals surface area contributed by atoms with Crippen molar-refractivity contribution in [1.82, 2.24) is 9.55 Å². The van der Waals surface area contributed by atoms with Crippen molar-refractivity contribution in [2.75, 3.05) is 12.4 Å². The zero-order chi connectivity index (χ0) is 21.1. The van der Waals surface area contributed by atoms with Crippen molar-refractivity contribution in [2.45, 2.75) is 5.16 Å². The number of hydrogen-bond acceptors (Lipinski definition) is 4. The van der Waals surface area contributed by atoms with E-state index in [1.165, 1.54) is 18.2 Å². The van der Waals surface area contributed by atoms with Crippen molar-refractivity contribution in [1.29, 1.82) is 0 Å². The average molecular weight is 428 g/mol. The van der Waals surface area contributed by atoms with E-state index in [-0.39, 0.29) is 23.2 Å². The Hall–Kier alpha value is -3.26. The maximum Gasteiger partial charge on any atom is 0.266 e. The lowest BCUT2D eigenvalue weighted by Gasteiger charge is -2.14. The van der Waals surface area contributed by atoms with E-state index in [2.05, 4.69) is 4.98 Å². The molecule has 0 aliphatic carbocycles. The van der Waals surface area contributed by atoms with Gasteiger partial charge in [0, 0.05) is 11.8 Å². The molecule has 0 saturated carbocycles. The van der Waals surface area contributed by atoms with Gasteiger partial charge < -0.3 is 4.74 Å². The van der Waals surface area contributed by atoms with Gasteiger partial charge in [-0.3, -0.25) is 9.36 Å². The highest BCUT2D eigenvalue weighted by Crippen LogP contribution is 2.24. The van der Waals surface area contributed by atoms with E-state index >= 15 is 0 Å². The van der Waals surface area contributed by atoms with Crippen LogP contribution in [0.2, 0.25) is 0 Å². The van der Waals surface area contributed by atoms with Gasteiger partial charge in [0.15, 0.2) is 16.7 Å². The minimum absolute atomic E-state index is 0.0998. The Labute approximate surface area is 174 Å². The molecule has 4 aromatic rings. The number of ether oxygens (including phenoxy) is 1. The van der Waals surface area contributed by atoms with E-state index < -0.39 is 23.0 Å². The fourth-order valence-corrected chi connectivity index (χ4v) is 3.75. The van der Waals surface area contributed by atoms with Crippen molar-refractivity contribution in [3.63, 3.8) is 0 Å². The van der Waals surface area contributed by atoms with Crippen LogP contribution < -0.4 is 10.3 Å². The second-order valence-corrected chi connectivity index (χ2v) is 7.34. The van der Waals surface area contributed by atoms with E-state index in [0.29, 0.717) is 22.7 Å². The van der Waals surface area contributed by atoms with Crippen LogP contribution in [0, 0.1) is 17.5 Å². The van der Waals surface area contributed by atoms with Crippen LogP contribution >= 0.6 is 11.8 Å². The summed E-state index contributed by atoms with van der Waals surface area (Å²) >= 11 is 1.15. The van der Waals surface area contributed by atoms with Crippen molar-refractivity contribution >= 4 is 22.7 Å². The summed E-state index contributed by atoms with van der Waals surface area (Å²) in [6.45, 7) is 0.139. The highest BCUT2D eigenvalue weighted by molar-refractivity contribution is 7.99. The fourth-order valence-electron chi connectivity index (χ4n) is 2.93. The summed E-state index contributed by atoms with van der Waals surface area (Å²) in [6, 6.07) is 15.7. The molecule has 0 saturated heterocycles. The number of fused-ring (bicyclic) bond motifs is 1. The second-order valence-electron chi connectivity index (χ2n) is 6.28. The van der Waals surface area contributed by atoms with Crippen LogP contribution in [0.4, 0.5) is 13.2 Å². The van der Waals surface area contributed by atoms with Gasteiger partial charge in [-0.1, -0.05) is 36.0 Å². The van der Waals surface area contributed by atoms with Gasteiger partial charge in [0.1, 0.15) is 11.6 Å². The molecular weight excluding hydrogens is 413 g/mol. The Kier molecular flexibility index (Phi) is 5.76. The first-order valence-corrected chi connectivity index (χ1v) is 10.0. The molecule has 4 nitrogen and oxygen atoms in total. The van der Waals surface area contributed by atoms with Gasteiger partial charge in [-0.2, -0.15) is 0 Å².